The third-order valence-electron chi connectivity index (χ3n) is 4.29. The summed E-state index contributed by atoms with van der Waals surface area (Å²) in [5, 5.41) is 2.64. The monoisotopic (exact) mass is 448 g/mol. The van der Waals surface area contributed by atoms with E-state index in [0.29, 0.717) is 18.7 Å². The SMILES string of the molecule is CNC(=O)[C@H](C)N(Cc1ccc(Br)cc1)C(=O)CCSc1ccc(C)cc1. The van der Waals surface area contributed by atoms with Gasteiger partial charge in [-0.3, -0.25) is 9.59 Å². The average Bonchev–Trinajstić information content (AvgIpc) is 2.67. The number of thioether (sulfide) groups is 1. The summed E-state index contributed by atoms with van der Waals surface area (Å²) < 4.78 is 0.984. The van der Waals surface area contributed by atoms with Gasteiger partial charge in [0.1, 0.15) is 6.04 Å². The van der Waals surface area contributed by atoms with Crippen molar-refractivity contribution < 1.29 is 9.59 Å². The molecule has 0 aromatic heterocycles. The first-order chi connectivity index (χ1) is 12.9. The third kappa shape index (κ3) is 6.70. The minimum atomic E-state index is -0.518. The summed E-state index contributed by atoms with van der Waals surface area (Å²) in [5.74, 6) is 0.499. The molecule has 0 aliphatic carbocycles. The van der Waals surface area contributed by atoms with Gasteiger partial charge in [-0.25, -0.2) is 0 Å². The average molecular weight is 449 g/mol. The highest BCUT2D eigenvalue weighted by Gasteiger charge is 2.25. The first-order valence-corrected chi connectivity index (χ1v) is 10.6. The van der Waals surface area contributed by atoms with Gasteiger partial charge in [0, 0.05) is 35.1 Å². The Kier molecular flexibility index (Phi) is 8.38. The standard InChI is InChI=1S/C21H25BrN2O2S/c1-15-4-10-19(11-5-15)27-13-12-20(25)24(16(2)21(26)23-3)14-17-6-8-18(22)9-7-17/h4-11,16H,12-14H2,1-3H3,(H,23,26)/t16-/m0/s1. The number of carbonyl (C=O) groups excluding carboxylic acids is 2. The number of nitrogens with one attached hydrogen (secondary N) is 1. The number of carbonyl (C=O) groups is 2. The molecule has 1 N–H and O–H groups in total. The van der Waals surface area contributed by atoms with Crippen LogP contribution in [0.2, 0.25) is 0 Å². The zero-order chi connectivity index (χ0) is 19.8. The Bertz CT molecular complexity index is 763. The predicted molar refractivity (Wildman–Crippen MR) is 115 cm³/mol. The summed E-state index contributed by atoms with van der Waals surface area (Å²) in [6.45, 7) is 4.23. The predicted octanol–water partition coefficient (Wildman–Crippen LogP) is 4.40. The largest absolute Gasteiger partial charge is 0.357 e. The molecule has 0 aliphatic rings. The highest BCUT2D eigenvalue weighted by atomic mass is 79.9. The van der Waals surface area contributed by atoms with Crippen molar-refractivity contribution in [1.82, 2.24) is 10.2 Å². The fraction of sp³-hybridized carbons (Fsp3) is 0.333. The van der Waals surface area contributed by atoms with Gasteiger partial charge in [-0.05, 0) is 43.7 Å². The van der Waals surface area contributed by atoms with Crippen LogP contribution in [0.4, 0.5) is 0 Å². The molecule has 2 amide bonds. The van der Waals surface area contributed by atoms with Crippen LogP contribution in [-0.2, 0) is 16.1 Å². The van der Waals surface area contributed by atoms with Crippen molar-refractivity contribution in [3.63, 3.8) is 0 Å². The molecule has 0 fully saturated rings. The second kappa shape index (κ2) is 10.5. The van der Waals surface area contributed by atoms with E-state index in [0.717, 1.165) is 14.9 Å². The van der Waals surface area contributed by atoms with E-state index in [1.807, 2.05) is 24.3 Å². The van der Waals surface area contributed by atoms with Crippen molar-refractivity contribution in [1.29, 1.82) is 0 Å². The highest BCUT2D eigenvalue weighted by Crippen LogP contribution is 2.20. The molecule has 0 heterocycles. The maximum absolute atomic E-state index is 12.8. The van der Waals surface area contributed by atoms with Gasteiger partial charge in [0.05, 0.1) is 0 Å². The molecule has 2 aromatic rings. The smallest absolute Gasteiger partial charge is 0.242 e. The molecule has 6 heteroatoms. The van der Waals surface area contributed by atoms with Crippen LogP contribution in [0.3, 0.4) is 0 Å². The fourth-order valence-corrected chi connectivity index (χ4v) is 3.72. The van der Waals surface area contributed by atoms with E-state index in [1.54, 1.807) is 30.6 Å². The van der Waals surface area contributed by atoms with Gasteiger partial charge in [0.15, 0.2) is 0 Å². The van der Waals surface area contributed by atoms with Crippen molar-refractivity contribution >= 4 is 39.5 Å². The van der Waals surface area contributed by atoms with E-state index in [4.69, 9.17) is 0 Å². The van der Waals surface area contributed by atoms with Crippen molar-refractivity contribution in [2.45, 2.75) is 37.8 Å². The topological polar surface area (TPSA) is 49.4 Å². The molecule has 144 valence electrons. The Morgan fingerprint density at radius 1 is 1.11 bits per heavy atom. The van der Waals surface area contributed by atoms with Gasteiger partial charge in [0.2, 0.25) is 11.8 Å². The van der Waals surface area contributed by atoms with Crippen molar-refractivity contribution in [2.75, 3.05) is 12.8 Å². The van der Waals surface area contributed by atoms with Crippen LogP contribution in [0.25, 0.3) is 0 Å². The Hall–Kier alpha value is -1.79. The minimum absolute atomic E-state index is 0.0198. The summed E-state index contributed by atoms with van der Waals surface area (Å²) in [6, 6.07) is 15.6. The molecule has 0 aliphatic heterocycles. The lowest BCUT2D eigenvalue weighted by Gasteiger charge is -2.28. The summed E-state index contributed by atoms with van der Waals surface area (Å²) in [7, 11) is 1.59. The quantitative estimate of drug-likeness (QED) is 0.608. The molecule has 2 rings (SSSR count). The van der Waals surface area contributed by atoms with E-state index in [2.05, 4.69) is 52.4 Å². The molecule has 0 unspecified atom stereocenters. The van der Waals surface area contributed by atoms with Gasteiger partial charge < -0.3 is 10.2 Å². The first kappa shape index (κ1) is 21.5. The van der Waals surface area contributed by atoms with Gasteiger partial charge in [-0.2, -0.15) is 0 Å². The lowest BCUT2D eigenvalue weighted by Crippen LogP contribution is -2.46. The number of amides is 2. The molecule has 0 spiro atoms. The van der Waals surface area contributed by atoms with Gasteiger partial charge in [0.25, 0.3) is 0 Å². The number of benzene rings is 2. The van der Waals surface area contributed by atoms with Crippen molar-refractivity contribution in [2.24, 2.45) is 0 Å². The van der Waals surface area contributed by atoms with E-state index in [-0.39, 0.29) is 11.8 Å². The lowest BCUT2D eigenvalue weighted by molar-refractivity contribution is -0.140. The Morgan fingerprint density at radius 3 is 2.33 bits per heavy atom. The van der Waals surface area contributed by atoms with E-state index in [1.165, 1.54) is 5.56 Å². The molecule has 2 aromatic carbocycles. The Balaban J connectivity index is 2.02. The number of aryl methyl sites for hydroxylation is 1. The Morgan fingerprint density at radius 2 is 1.74 bits per heavy atom. The zero-order valence-corrected chi connectivity index (χ0v) is 18.3. The van der Waals surface area contributed by atoms with Gasteiger partial charge in [-0.1, -0.05) is 45.8 Å². The van der Waals surface area contributed by atoms with Crippen LogP contribution in [0, 0.1) is 6.92 Å². The maximum atomic E-state index is 12.8. The molecule has 0 radical (unpaired) electrons. The van der Waals surface area contributed by atoms with Crippen molar-refractivity contribution in [3.8, 4) is 0 Å². The summed E-state index contributed by atoms with van der Waals surface area (Å²) >= 11 is 5.07. The number of rotatable bonds is 8. The van der Waals surface area contributed by atoms with Gasteiger partial charge >= 0.3 is 0 Å². The van der Waals surface area contributed by atoms with Gasteiger partial charge in [-0.15, -0.1) is 11.8 Å². The number of likely N-dealkylation sites (N-methyl/N-ethyl adjacent to an activating group) is 1. The number of hydrogen-bond acceptors (Lipinski definition) is 3. The minimum Gasteiger partial charge on any atom is -0.357 e. The molecular formula is C21H25BrN2O2S. The third-order valence-corrected chi connectivity index (χ3v) is 5.83. The molecule has 4 nitrogen and oxygen atoms in total. The number of nitrogens with zero attached hydrogens (tertiary/aromatic N) is 1. The van der Waals surface area contributed by atoms with Crippen LogP contribution in [0.5, 0.6) is 0 Å². The van der Waals surface area contributed by atoms with Crippen molar-refractivity contribution in [3.05, 3.63) is 64.1 Å². The first-order valence-electron chi connectivity index (χ1n) is 8.85. The van der Waals surface area contributed by atoms with Crippen LogP contribution in [0.15, 0.2) is 57.9 Å². The van der Waals surface area contributed by atoms with Crippen LogP contribution >= 0.6 is 27.7 Å². The second-order valence-corrected chi connectivity index (χ2v) is 8.43. The molecule has 0 saturated carbocycles. The summed E-state index contributed by atoms with van der Waals surface area (Å²) in [4.78, 5) is 27.8. The molecule has 0 saturated heterocycles. The molecule has 1 atom stereocenters. The molecule has 27 heavy (non-hydrogen) atoms. The van der Waals surface area contributed by atoms with Crippen LogP contribution < -0.4 is 5.32 Å². The number of halogens is 1. The lowest BCUT2D eigenvalue weighted by atomic mass is 10.1. The Labute approximate surface area is 173 Å². The van der Waals surface area contributed by atoms with Crippen LogP contribution in [0.1, 0.15) is 24.5 Å². The zero-order valence-electron chi connectivity index (χ0n) is 15.9. The van der Waals surface area contributed by atoms with E-state index < -0.39 is 6.04 Å². The molecular weight excluding hydrogens is 424 g/mol. The number of hydrogen-bond donors (Lipinski definition) is 1. The molecule has 0 bridgehead atoms. The van der Waals surface area contributed by atoms with E-state index in [9.17, 15) is 9.59 Å². The summed E-state index contributed by atoms with van der Waals surface area (Å²) in [6.07, 6.45) is 0.385. The van der Waals surface area contributed by atoms with E-state index >= 15 is 0 Å². The van der Waals surface area contributed by atoms with Crippen LogP contribution in [-0.4, -0.2) is 35.6 Å². The second-order valence-electron chi connectivity index (χ2n) is 6.35. The highest BCUT2D eigenvalue weighted by molar-refractivity contribution is 9.10. The normalized spacial score (nSPS) is 11.7. The maximum Gasteiger partial charge on any atom is 0.242 e. The fourth-order valence-electron chi connectivity index (χ4n) is 2.61. The summed E-state index contributed by atoms with van der Waals surface area (Å²) in [5.41, 5.74) is 2.21.